The third-order valence-corrected chi connectivity index (χ3v) is 2.56. The SMILES string of the molecule is COc1ccc(Br)c2nn(C)cc12. The Bertz CT molecular complexity index is 450. The lowest BCUT2D eigenvalue weighted by atomic mass is 10.2. The number of halogens is 1. The molecular formula is C9H9BrN2O. The molecule has 0 saturated heterocycles. The van der Waals surface area contributed by atoms with Gasteiger partial charge in [0.1, 0.15) is 11.3 Å². The van der Waals surface area contributed by atoms with Crippen LogP contribution in [0, 0.1) is 0 Å². The van der Waals surface area contributed by atoms with Crippen LogP contribution in [0.1, 0.15) is 0 Å². The van der Waals surface area contributed by atoms with E-state index in [1.807, 2.05) is 25.4 Å². The molecule has 0 saturated carbocycles. The fourth-order valence-corrected chi connectivity index (χ4v) is 1.77. The number of fused-ring (bicyclic) bond motifs is 1. The van der Waals surface area contributed by atoms with Crippen molar-refractivity contribution in [2.24, 2.45) is 7.05 Å². The van der Waals surface area contributed by atoms with E-state index in [2.05, 4.69) is 21.0 Å². The molecule has 0 spiro atoms. The minimum absolute atomic E-state index is 0.853. The van der Waals surface area contributed by atoms with Crippen molar-refractivity contribution in [3.8, 4) is 5.75 Å². The Morgan fingerprint density at radius 3 is 2.92 bits per heavy atom. The van der Waals surface area contributed by atoms with Gasteiger partial charge in [-0.05, 0) is 28.1 Å². The van der Waals surface area contributed by atoms with Gasteiger partial charge in [0.05, 0.1) is 12.5 Å². The first-order valence-corrected chi connectivity index (χ1v) is 4.67. The zero-order valence-corrected chi connectivity index (χ0v) is 9.00. The lowest BCUT2D eigenvalue weighted by molar-refractivity contribution is 0.419. The van der Waals surface area contributed by atoms with Gasteiger partial charge >= 0.3 is 0 Å². The quantitative estimate of drug-likeness (QED) is 0.766. The fourth-order valence-electron chi connectivity index (χ4n) is 1.34. The molecule has 0 unspecified atom stereocenters. The molecule has 0 aliphatic heterocycles. The smallest absolute Gasteiger partial charge is 0.129 e. The zero-order chi connectivity index (χ0) is 9.42. The summed E-state index contributed by atoms with van der Waals surface area (Å²) < 4.78 is 7.99. The van der Waals surface area contributed by atoms with Crippen LogP contribution < -0.4 is 4.74 Å². The second kappa shape index (κ2) is 3.03. The Morgan fingerprint density at radius 2 is 2.23 bits per heavy atom. The summed E-state index contributed by atoms with van der Waals surface area (Å²) >= 11 is 3.44. The van der Waals surface area contributed by atoms with Gasteiger partial charge in [-0.3, -0.25) is 4.68 Å². The van der Waals surface area contributed by atoms with Gasteiger partial charge in [-0.15, -0.1) is 0 Å². The van der Waals surface area contributed by atoms with E-state index in [-0.39, 0.29) is 0 Å². The summed E-state index contributed by atoms with van der Waals surface area (Å²) in [4.78, 5) is 0. The molecule has 0 aliphatic rings. The van der Waals surface area contributed by atoms with Crippen molar-refractivity contribution in [3.05, 3.63) is 22.8 Å². The van der Waals surface area contributed by atoms with Crippen molar-refractivity contribution in [1.29, 1.82) is 0 Å². The first kappa shape index (κ1) is 8.56. The minimum atomic E-state index is 0.853. The highest BCUT2D eigenvalue weighted by molar-refractivity contribution is 9.10. The normalized spacial score (nSPS) is 10.7. The van der Waals surface area contributed by atoms with Crippen LogP contribution in [-0.2, 0) is 7.05 Å². The number of nitrogens with zero attached hydrogens (tertiary/aromatic N) is 2. The Balaban J connectivity index is 2.83. The molecular weight excluding hydrogens is 232 g/mol. The summed E-state index contributed by atoms with van der Waals surface area (Å²) in [5.41, 5.74) is 0.932. The van der Waals surface area contributed by atoms with Crippen molar-refractivity contribution in [3.63, 3.8) is 0 Å². The summed E-state index contributed by atoms with van der Waals surface area (Å²) in [7, 11) is 3.56. The highest BCUT2D eigenvalue weighted by Gasteiger charge is 2.07. The Kier molecular flexibility index (Phi) is 2.00. The van der Waals surface area contributed by atoms with E-state index < -0.39 is 0 Å². The van der Waals surface area contributed by atoms with Crippen LogP contribution in [0.15, 0.2) is 22.8 Å². The maximum absolute atomic E-state index is 5.22. The van der Waals surface area contributed by atoms with E-state index in [4.69, 9.17) is 4.74 Å². The number of methoxy groups -OCH3 is 1. The summed E-state index contributed by atoms with van der Waals surface area (Å²) in [5.74, 6) is 0.853. The molecule has 13 heavy (non-hydrogen) atoms. The third kappa shape index (κ3) is 1.31. The van der Waals surface area contributed by atoms with Crippen molar-refractivity contribution in [2.45, 2.75) is 0 Å². The molecule has 1 aromatic carbocycles. The number of hydrogen-bond donors (Lipinski definition) is 0. The van der Waals surface area contributed by atoms with Gasteiger partial charge in [-0.25, -0.2) is 0 Å². The summed E-state index contributed by atoms with van der Waals surface area (Å²) in [6.45, 7) is 0. The fraction of sp³-hybridized carbons (Fsp3) is 0.222. The molecule has 2 rings (SSSR count). The van der Waals surface area contributed by atoms with Gasteiger partial charge in [-0.2, -0.15) is 5.10 Å². The number of benzene rings is 1. The van der Waals surface area contributed by atoms with Crippen molar-refractivity contribution < 1.29 is 4.74 Å². The van der Waals surface area contributed by atoms with Crippen LogP contribution in [0.25, 0.3) is 10.9 Å². The predicted molar refractivity (Wildman–Crippen MR) is 55.0 cm³/mol. The topological polar surface area (TPSA) is 27.1 Å². The Morgan fingerprint density at radius 1 is 1.46 bits per heavy atom. The summed E-state index contributed by atoms with van der Waals surface area (Å²) in [5, 5.41) is 5.34. The van der Waals surface area contributed by atoms with E-state index in [0.717, 1.165) is 21.1 Å². The molecule has 0 aliphatic carbocycles. The average molecular weight is 241 g/mol. The lowest BCUT2D eigenvalue weighted by Gasteiger charge is -2.00. The molecule has 1 heterocycles. The maximum atomic E-state index is 5.22. The van der Waals surface area contributed by atoms with Crippen molar-refractivity contribution >= 4 is 26.8 Å². The third-order valence-electron chi connectivity index (χ3n) is 1.92. The van der Waals surface area contributed by atoms with Gasteiger partial charge < -0.3 is 4.74 Å². The number of ether oxygens (including phenoxy) is 1. The van der Waals surface area contributed by atoms with Gasteiger partial charge in [0.25, 0.3) is 0 Å². The summed E-state index contributed by atoms with van der Waals surface area (Å²) in [6.07, 6.45) is 1.94. The van der Waals surface area contributed by atoms with Gasteiger partial charge in [0.15, 0.2) is 0 Å². The van der Waals surface area contributed by atoms with E-state index in [0.29, 0.717) is 0 Å². The Hall–Kier alpha value is -1.03. The van der Waals surface area contributed by atoms with E-state index in [1.54, 1.807) is 11.8 Å². The zero-order valence-electron chi connectivity index (χ0n) is 7.41. The van der Waals surface area contributed by atoms with Crippen LogP contribution in [-0.4, -0.2) is 16.9 Å². The maximum Gasteiger partial charge on any atom is 0.129 e. The van der Waals surface area contributed by atoms with Crippen LogP contribution in [0.2, 0.25) is 0 Å². The molecule has 1 aromatic heterocycles. The van der Waals surface area contributed by atoms with E-state index in [1.165, 1.54) is 0 Å². The van der Waals surface area contributed by atoms with Crippen LogP contribution in [0.3, 0.4) is 0 Å². The molecule has 0 bridgehead atoms. The summed E-state index contributed by atoms with van der Waals surface area (Å²) in [6, 6.07) is 3.86. The minimum Gasteiger partial charge on any atom is -0.496 e. The van der Waals surface area contributed by atoms with Gasteiger partial charge in [0.2, 0.25) is 0 Å². The van der Waals surface area contributed by atoms with E-state index >= 15 is 0 Å². The van der Waals surface area contributed by atoms with Gasteiger partial charge in [0, 0.05) is 17.7 Å². The standard InChI is InChI=1S/C9H9BrN2O/c1-12-5-6-8(13-2)4-3-7(10)9(6)11-12/h3-5H,1-2H3. The number of rotatable bonds is 1. The average Bonchev–Trinajstić information content (AvgIpc) is 2.48. The molecule has 68 valence electrons. The second-order valence-electron chi connectivity index (χ2n) is 2.81. The molecule has 2 aromatic rings. The monoisotopic (exact) mass is 240 g/mol. The molecule has 0 amide bonds. The number of aryl methyl sites for hydroxylation is 1. The van der Waals surface area contributed by atoms with Crippen LogP contribution in [0.4, 0.5) is 0 Å². The lowest BCUT2D eigenvalue weighted by Crippen LogP contribution is -1.85. The van der Waals surface area contributed by atoms with Crippen molar-refractivity contribution in [2.75, 3.05) is 7.11 Å². The molecule has 4 heteroatoms. The van der Waals surface area contributed by atoms with Crippen molar-refractivity contribution in [1.82, 2.24) is 9.78 Å². The number of aromatic nitrogens is 2. The largest absolute Gasteiger partial charge is 0.496 e. The van der Waals surface area contributed by atoms with Crippen LogP contribution in [0.5, 0.6) is 5.75 Å². The first-order chi connectivity index (χ1) is 6.22. The second-order valence-corrected chi connectivity index (χ2v) is 3.67. The molecule has 0 fully saturated rings. The van der Waals surface area contributed by atoms with E-state index in [9.17, 15) is 0 Å². The highest BCUT2D eigenvalue weighted by atomic mass is 79.9. The molecule has 0 radical (unpaired) electrons. The predicted octanol–water partition coefficient (Wildman–Crippen LogP) is 2.34. The molecule has 0 N–H and O–H groups in total. The number of hydrogen-bond acceptors (Lipinski definition) is 2. The highest BCUT2D eigenvalue weighted by Crippen LogP contribution is 2.29. The molecule has 3 nitrogen and oxygen atoms in total. The Labute approximate surface area is 84.4 Å². The first-order valence-electron chi connectivity index (χ1n) is 3.88. The molecule has 0 atom stereocenters. The van der Waals surface area contributed by atoms with Gasteiger partial charge in [-0.1, -0.05) is 0 Å². The van der Waals surface area contributed by atoms with Crippen LogP contribution >= 0.6 is 15.9 Å².